The topological polar surface area (TPSA) is 42.7 Å². The van der Waals surface area contributed by atoms with Gasteiger partial charge in [0.2, 0.25) is 0 Å². The third kappa shape index (κ3) is 3.31. The van der Waals surface area contributed by atoms with E-state index in [1.807, 2.05) is 18.4 Å². The van der Waals surface area contributed by atoms with Crippen molar-refractivity contribution in [1.82, 2.24) is 20.1 Å². The molecule has 0 amide bonds. The molecule has 0 aliphatic heterocycles. The van der Waals surface area contributed by atoms with Gasteiger partial charge in [0.25, 0.3) is 0 Å². The molecule has 1 saturated carbocycles. The number of hydrogen-bond acceptors (Lipinski definition) is 3. The van der Waals surface area contributed by atoms with Crippen LogP contribution in [0, 0.1) is 12.8 Å². The molecule has 1 aliphatic carbocycles. The first-order valence-corrected chi connectivity index (χ1v) is 7.12. The molecular weight excluding hydrogens is 269 g/mol. The number of aryl methyl sites for hydroxylation is 1. The standard InChI is InChI=1S/C13H21F3N4/c1-3-20-9(2)18-19-12(20)8-17-11-7-5-4-6-10(11)13(14,15)16/h10-11,17H,3-8H2,1-2H3/t10-,11-/m0/s1. The van der Waals surface area contributed by atoms with Crippen molar-refractivity contribution >= 4 is 0 Å². The van der Waals surface area contributed by atoms with E-state index in [1.165, 1.54) is 0 Å². The van der Waals surface area contributed by atoms with Gasteiger partial charge in [-0.15, -0.1) is 10.2 Å². The quantitative estimate of drug-likeness (QED) is 0.927. The number of rotatable bonds is 4. The van der Waals surface area contributed by atoms with Crippen LogP contribution in [0.4, 0.5) is 13.2 Å². The van der Waals surface area contributed by atoms with E-state index in [0.717, 1.165) is 18.8 Å². The summed E-state index contributed by atoms with van der Waals surface area (Å²) in [6.07, 6.45) is -1.81. The number of nitrogens with zero attached hydrogens (tertiary/aromatic N) is 3. The summed E-state index contributed by atoms with van der Waals surface area (Å²) in [7, 11) is 0. The molecule has 7 heteroatoms. The van der Waals surface area contributed by atoms with E-state index in [0.29, 0.717) is 25.2 Å². The zero-order valence-corrected chi connectivity index (χ0v) is 11.9. The molecule has 0 aromatic carbocycles. The summed E-state index contributed by atoms with van der Waals surface area (Å²) in [6, 6.07) is -0.508. The Morgan fingerprint density at radius 3 is 2.60 bits per heavy atom. The molecule has 1 aliphatic rings. The van der Waals surface area contributed by atoms with Crippen molar-refractivity contribution in [2.45, 2.75) is 64.8 Å². The fourth-order valence-electron chi connectivity index (χ4n) is 2.96. The Hall–Kier alpha value is -1.11. The molecule has 2 atom stereocenters. The molecule has 20 heavy (non-hydrogen) atoms. The van der Waals surface area contributed by atoms with E-state index in [-0.39, 0.29) is 6.42 Å². The highest BCUT2D eigenvalue weighted by Crippen LogP contribution is 2.37. The molecule has 1 aromatic heterocycles. The van der Waals surface area contributed by atoms with Crippen molar-refractivity contribution in [3.63, 3.8) is 0 Å². The Labute approximate surface area is 116 Å². The predicted octanol–water partition coefficient (Wildman–Crippen LogP) is 2.82. The van der Waals surface area contributed by atoms with E-state index in [2.05, 4.69) is 15.5 Å². The molecule has 0 radical (unpaired) electrons. The second-order valence-electron chi connectivity index (χ2n) is 5.33. The van der Waals surface area contributed by atoms with Gasteiger partial charge in [-0.05, 0) is 26.7 Å². The Morgan fingerprint density at radius 1 is 1.25 bits per heavy atom. The fraction of sp³-hybridized carbons (Fsp3) is 0.846. The molecule has 0 saturated heterocycles. The van der Waals surface area contributed by atoms with Gasteiger partial charge < -0.3 is 9.88 Å². The van der Waals surface area contributed by atoms with Gasteiger partial charge in [0.05, 0.1) is 12.5 Å². The van der Waals surface area contributed by atoms with Gasteiger partial charge in [-0.2, -0.15) is 13.2 Å². The van der Waals surface area contributed by atoms with Crippen LogP contribution in [-0.4, -0.2) is 27.0 Å². The molecule has 1 aromatic rings. The summed E-state index contributed by atoms with van der Waals surface area (Å²) in [6.45, 7) is 4.88. The van der Waals surface area contributed by atoms with E-state index in [1.54, 1.807) is 0 Å². The Balaban J connectivity index is 2.01. The summed E-state index contributed by atoms with van der Waals surface area (Å²) in [4.78, 5) is 0. The minimum atomic E-state index is -4.12. The Kier molecular flexibility index (Phi) is 4.67. The summed E-state index contributed by atoms with van der Waals surface area (Å²) >= 11 is 0. The van der Waals surface area contributed by atoms with Gasteiger partial charge in [0.1, 0.15) is 11.6 Å². The van der Waals surface area contributed by atoms with Crippen LogP contribution in [0.15, 0.2) is 0 Å². The number of nitrogens with one attached hydrogen (secondary N) is 1. The van der Waals surface area contributed by atoms with Gasteiger partial charge >= 0.3 is 6.18 Å². The van der Waals surface area contributed by atoms with Crippen molar-refractivity contribution in [3.05, 3.63) is 11.6 Å². The smallest absolute Gasteiger partial charge is 0.314 e. The van der Waals surface area contributed by atoms with Crippen LogP contribution in [0.3, 0.4) is 0 Å². The monoisotopic (exact) mass is 290 g/mol. The van der Waals surface area contributed by atoms with Crippen LogP contribution >= 0.6 is 0 Å². The average Bonchev–Trinajstić information content (AvgIpc) is 2.76. The second kappa shape index (κ2) is 6.11. The maximum atomic E-state index is 13.0. The first kappa shape index (κ1) is 15.3. The molecule has 1 N–H and O–H groups in total. The van der Waals surface area contributed by atoms with E-state index in [4.69, 9.17) is 0 Å². The van der Waals surface area contributed by atoms with Crippen molar-refractivity contribution in [3.8, 4) is 0 Å². The van der Waals surface area contributed by atoms with Crippen molar-refractivity contribution in [2.75, 3.05) is 0 Å². The highest BCUT2D eigenvalue weighted by Gasteiger charge is 2.45. The van der Waals surface area contributed by atoms with Crippen molar-refractivity contribution in [2.24, 2.45) is 5.92 Å². The maximum Gasteiger partial charge on any atom is 0.393 e. The number of halogens is 3. The largest absolute Gasteiger partial charge is 0.393 e. The zero-order valence-electron chi connectivity index (χ0n) is 11.9. The highest BCUT2D eigenvalue weighted by atomic mass is 19.4. The lowest BCUT2D eigenvalue weighted by atomic mass is 9.84. The normalized spacial score (nSPS) is 24.1. The predicted molar refractivity (Wildman–Crippen MR) is 69.1 cm³/mol. The second-order valence-corrected chi connectivity index (χ2v) is 5.33. The Bertz CT molecular complexity index is 441. The third-order valence-electron chi connectivity index (χ3n) is 4.04. The molecule has 114 valence electrons. The van der Waals surface area contributed by atoms with Gasteiger partial charge in [-0.1, -0.05) is 12.8 Å². The van der Waals surface area contributed by atoms with Gasteiger partial charge in [-0.25, -0.2) is 0 Å². The first-order valence-electron chi connectivity index (χ1n) is 7.12. The fourth-order valence-corrected chi connectivity index (χ4v) is 2.96. The number of alkyl halides is 3. The number of aromatic nitrogens is 3. The minimum absolute atomic E-state index is 0.223. The van der Waals surface area contributed by atoms with Gasteiger partial charge in [0, 0.05) is 12.6 Å². The molecule has 1 fully saturated rings. The molecule has 2 rings (SSSR count). The van der Waals surface area contributed by atoms with E-state index in [9.17, 15) is 13.2 Å². The van der Waals surface area contributed by atoms with Crippen LogP contribution in [0.2, 0.25) is 0 Å². The summed E-state index contributed by atoms with van der Waals surface area (Å²) < 4.78 is 40.9. The third-order valence-corrected chi connectivity index (χ3v) is 4.04. The maximum absolute atomic E-state index is 13.0. The van der Waals surface area contributed by atoms with Gasteiger partial charge in [-0.3, -0.25) is 0 Å². The zero-order chi connectivity index (χ0) is 14.8. The molecule has 0 bridgehead atoms. The minimum Gasteiger partial charge on any atom is -0.314 e. The van der Waals surface area contributed by atoms with E-state index >= 15 is 0 Å². The molecule has 0 unspecified atom stereocenters. The lowest BCUT2D eigenvalue weighted by Crippen LogP contribution is -2.45. The Morgan fingerprint density at radius 2 is 1.95 bits per heavy atom. The lowest BCUT2D eigenvalue weighted by Gasteiger charge is -2.33. The lowest BCUT2D eigenvalue weighted by molar-refractivity contribution is -0.189. The van der Waals surface area contributed by atoms with Crippen LogP contribution in [0.1, 0.15) is 44.3 Å². The van der Waals surface area contributed by atoms with Crippen LogP contribution in [0.5, 0.6) is 0 Å². The summed E-state index contributed by atoms with van der Waals surface area (Å²) in [5.74, 6) is 0.257. The first-order chi connectivity index (χ1) is 9.43. The average molecular weight is 290 g/mol. The SMILES string of the molecule is CCn1c(C)nnc1CN[C@H]1CCCC[C@@H]1C(F)(F)F. The molecule has 0 spiro atoms. The van der Waals surface area contributed by atoms with E-state index < -0.39 is 18.1 Å². The van der Waals surface area contributed by atoms with Crippen molar-refractivity contribution < 1.29 is 13.2 Å². The summed E-state index contributed by atoms with van der Waals surface area (Å²) in [5, 5.41) is 11.0. The highest BCUT2D eigenvalue weighted by molar-refractivity contribution is 4.95. The summed E-state index contributed by atoms with van der Waals surface area (Å²) in [5.41, 5.74) is 0. The molecular formula is C13H21F3N4. The van der Waals surface area contributed by atoms with Crippen LogP contribution in [0.25, 0.3) is 0 Å². The number of hydrogen-bond donors (Lipinski definition) is 1. The van der Waals surface area contributed by atoms with Crippen LogP contribution < -0.4 is 5.32 Å². The van der Waals surface area contributed by atoms with Crippen molar-refractivity contribution in [1.29, 1.82) is 0 Å². The van der Waals surface area contributed by atoms with Crippen LogP contribution in [-0.2, 0) is 13.1 Å². The molecule has 4 nitrogen and oxygen atoms in total. The van der Waals surface area contributed by atoms with Gasteiger partial charge in [0.15, 0.2) is 0 Å². The molecule has 1 heterocycles.